The van der Waals surface area contributed by atoms with Crippen LogP contribution in [0.4, 0.5) is 5.82 Å². The molecular formula is C23H31N5O2. The first-order valence-electron chi connectivity index (χ1n) is 10.9. The van der Waals surface area contributed by atoms with Gasteiger partial charge in [0, 0.05) is 31.7 Å². The SMILES string of the molecule is Cc1ccc([C@@H]2CCC[C@H](CNc3cc(C(=O)N4CCC(N)CC4)ncn3)O2)cc1. The Labute approximate surface area is 178 Å². The van der Waals surface area contributed by atoms with Crippen molar-refractivity contribution in [1.82, 2.24) is 14.9 Å². The molecule has 0 aliphatic carbocycles. The lowest BCUT2D eigenvalue weighted by Gasteiger charge is -2.31. The molecule has 0 radical (unpaired) electrons. The van der Waals surface area contributed by atoms with Crippen molar-refractivity contribution in [1.29, 1.82) is 0 Å². The number of carbonyl (C=O) groups is 1. The van der Waals surface area contributed by atoms with Gasteiger partial charge in [-0.2, -0.15) is 0 Å². The fourth-order valence-corrected chi connectivity index (χ4v) is 4.13. The molecule has 0 spiro atoms. The molecule has 2 aliphatic heterocycles. The maximum Gasteiger partial charge on any atom is 0.272 e. The van der Waals surface area contributed by atoms with E-state index >= 15 is 0 Å². The summed E-state index contributed by atoms with van der Waals surface area (Å²) in [7, 11) is 0. The van der Waals surface area contributed by atoms with Crippen LogP contribution in [0.3, 0.4) is 0 Å². The number of nitrogens with two attached hydrogens (primary N) is 1. The van der Waals surface area contributed by atoms with Crippen molar-refractivity contribution in [2.75, 3.05) is 25.0 Å². The Morgan fingerprint density at radius 1 is 1.17 bits per heavy atom. The van der Waals surface area contributed by atoms with Crippen LogP contribution in [0.2, 0.25) is 0 Å². The number of piperidine rings is 1. The quantitative estimate of drug-likeness (QED) is 0.788. The van der Waals surface area contributed by atoms with Crippen LogP contribution >= 0.6 is 0 Å². The van der Waals surface area contributed by atoms with E-state index in [1.54, 1.807) is 6.07 Å². The van der Waals surface area contributed by atoms with Crippen molar-refractivity contribution >= 4 is 11.7 Å². The number of benzene rings is 1. The minimum atomic E-state index is -0.0549. The standard InChI is InChI=1S/C23H31N5O2/c1-16-5-7-17(8-6-16)21-4-2-3-19(30-21)14-25-22-13-20(26-15-27-22)23(29)28-11-9-18(24)10-12-28/h5-8,13,15,18-19,21H,2-4,9-12,14,24H2,1H3,(H,25,26,27)/t19-,21+/m1/s1. The molecule has 2 saturated heterocycles. The fourth-order valence-electron chi connectivity index (χ4n) is 4.13. The number of likely N-dealkylation sites (tertiary alicyclic amines) is 1. The van der Waals surface area contributed by atoms with Crippen LogP contribution in [0, 0.1) is 6.92 Å². The zero-order valence-electron chi connectivity index (χ0n) is 17.6. The van der Waals surface area contributed by atoms with Crippen LogP contribution in [0.15, 0.2) is 36.7 Å². The third-order valence-corrected chi connectivity index (χ3v) is 6.02. The van der Waals surface area contributed by atoms with Gasteiger partial charge in [0.1, 0.15) is 17.8 Å². The highest BCUT2D eigenvalue weighted by atomic mass is 16.5. The van der Waals surface area contributed by atoms with Crippen LogP contribution < -0.4 is 11.1 Å². The van der Waals surface area contributed by atoms with E-state index in [-0.39, 0.29) is 24.2 Å². The maximum absolute atomic E-state index is 12.7. The zero-order valence-corrected chi connectivity index (χ0v) is 17.6. The van der Waals surface area contributed by atoms with Gasteiger partial charge in [0.05, 0.1) is 12.2 Å². The molecule has 4 rings (SSSR count). The highest BCUT2D eigenvalue weighted by Crippen LogP contribution is 2.31. The van der Waals surface area contributed by atoms with Crippen LogP contribution in [0.1, 0.15) is 59.8 Å². The smallest absolute Gasteiger partial charge is 0.272 e. The van der Waals surface area contributed by atoms with Crippen molar-refractivity contribution in [2.45, 2.75) is 57.3 Å². The molecule has 7 nitrogen and oxygen atoms in total. The number of hydrogen-bond acceptors (Lipinski definition) is 6. The van der Waals surface area contributed by atoms with E-state index in [4.69, 9.17) is 10.5 Å². The van der Waals surface area contributed by atoms with Crippen LogP contribution in [-0.2, 0) is 4.74 Å². The Morgan fingerprint density at radius 3 is 2.70 bits per heavy atom. The molecule has 160 valence electrons. The van der Waals surface area contributed by atoms with Crippen molar-refractivity contribution in [3.05, 3.63) is 53.5 Å². The Kier molecular flexibility index (Phi) is 6.59. The molecule has 30 heavy (non-hydrogen) atoms. The highest BCUT2D eigenvalue weighted by molar-refractivity contribution is 5.93. The molecule has 0 unspecified atom stereocenters. The van der Waals surface area contributed by atoms with E-state index < -0.39 is 0 Å². The van der Waals surface area contributed by atoms with E-state index in [2.05, 4.69) is 46.5 Å². The molecule has 3 N–H and O–H groups in total. The molecule has 1 aromatic heterocycles. The Morgan fingerprint density at radius 2 is 1.93 bits per heavy atom. The summed E-state index contributed by atoms with van der Waals surface area (Å²) in [6, 6.07) is 10.5. The lowest BCUT2D eigenvalue weighted by Crippen LogP contribution is -2.43. The van der Waals surface area contributed by atoms with Gasteiger partial charge < -0.3 is 20.7 Å². The van der Waals surface area contributed by atoms with Crippen molar-refractivity contribution < 1.29 is 9.53 Å². The minimum Gasteiger partial charge on any atom is -0.368 e. The Hall–Kier alpha value is -2.51. The number of rotatable bonds is 5. The number of amides is 1. The molecule has 1 amide bonds. The molecule has 3 heterocycles. The van der Waals surface area contributed by atoms with Crippen molar-refractivity contribution in [3.8, 4) is 0 Å². The molecule has 1 aromatic carbocycles. The first-order chi connectivity index (χ1) is 14.6. The van der Waals surface area contributed by atoms with E-state index in [0.717, 1.165) is 32.1 Å². The largest absolute Gasteiger partial charge is 0.368 e. The summed E-state index contributed by atoms with van der Waals surface area (Å²) in [4.78, 5) is 23.0. The summed E-state index contributed by atoms with van der Waals surface area (Å²) in [6.07, 6.45) is 6.57. The molecule has 2 atom stereocenters. The van der Waals surface area contributed by atoms with Gasteiger partial charge >= 0.3 is 0 Å². The summed E-state index contributed by atoms with van der Waals surface area (Å²) in [5.74, 6) is 0.601. The number of hydrogen-bond donors (Lipinski definition) is 2. The molecule has 2 aromatic rings. The normalized spacial score (nSPS) is 22.7. The first-order valence-corrected chi connectivity index (χ1v) is 10.9. The number of ether oxygens (including phenoxy) is 1. The summed E-state index contributed by atoms with van der Waals surface area (Å²) in [5.41, 5.74) is 8.86. The zero-order chi connectivity index (χ0) is 20.9. The van der Waals surface area contributed by atoms with E-state index in [0.29, 0.717) is 31.1 Å². The second-order valence-corrected chi connectivity index (χ2v) is 8.39. The van der Waals surface area contributed by atoms with Gasteiger partial charge in [0.25, 0.3) is 5.91 Å². The van der Waals surface area contributed by atoms with Gasteiger partial charge in [-0.05, 0) is 44.6 Å². The van der Waals surface area contributed by atoms with Gasteiger partial charge in [-0.3, -0.25) is 4.79 Å². The van der Waals surface area contributed by atoms with E-state index in [9.17, 15) is 4.79 Å². The van der Waals surface area contributed by atoms with Crippen LogP contribution in [0.25, 0.3) is 0 Å². The Bertz CT molecular complexity index is 849. The van der Waals surface area contributed by atoms with Gasteiger partial charge in [-0.25, -0.2) is 9.97 Å². The number of nitrogens with zero attached hydrogens (tertiary/aromatic N) is 3. The van der Waals surface area contributed by atoms with Gasteiger partial charge in [-0.15, -0.1) is 0 Å². The third-order valence-electron chi connectivity index (χ3n) is 6.02. The second kappa shape index (κ2) is 9.53. The Balaban J connectivity index is 1.33. The van der Waals surface area contributed by atoms with E-state index in [1.807, 2.05) is 4.90 Å². The topological polar surface area (TPSA) is 93.4 Å². The lowest BCUT2D eigenvalue weighted by atomic mass is 9.97. The molecule has 0 bridgehead atoms. The molecular weight excluding hydrogens is 378 g/mol. The fraction of sp³-hybridized carbons (Fsp3) is 0.522. The number of nitrogens with one attached hydrogen (secondary N) is 1. The van der Waals surface area contributed by atoms with Crippen LogP contribution in [0.5, 0.6) is 0 Å². The van der Waals surface area contributed by atoms with Gasteiger partial charge in [0.15, 0.2) is 0 Å². The summed E-state index contributed by atoms with van der Waals surface area (Å²) < 4.78 is 6.32. The minimum absolute atomic E-state index is 0.0549. The monoisotopic (exact) mass is 409 g/mol. The van der Waals surface area contributed by atoms with Crippen molar-refractivity contribution in [2.24, 2.45) is 5.73 Å². The highest BCUT2D eigenvalue weighted by Gasteiger charge is 2.25. The number of carbonyl (C=O) groups excluding carboxylic acids is 1. The predicted molar refractivity (Wildman–Crippen MR) is 116 cm³/mol. The summed E-state index contributed by atoms with van der Waals surface area (Å²) in [5, 5.41) is 3.33. The van der Waals surface area contributed by atoms with Crippen molar-refractivity contribution in [3.63, 3.8) is 0 Å². The van der Waals surface area contributed by atoms with Gasteiger partial charge in [0.2, 0.25) is 0 Å². The number of anilines is 1. The molecule has 0 saturated carbocycles. The second-order valence-electron chi connectivity index (χ2n) is 8.39. The van der Waals surface area contributed by atoms with Crippen LogP contribution in [-0.4, -0.2) is 52.6 Å². The average molecular weight is 410 g/mol. The maximum atomic E-state index is 12.7. The first kappa shape index (κ1) is 20.8. The average Bonchev–Trinajstić information content (AvgIpc) is 2.79. The summed E-state index contributed by atoms with van der Waals surface area (Å²) in [6.45, 7) is 4.12. The predicted octanol–water partition coefficient (Wildman–Crippen LogP) is 3.07. The van der Waals surface area contributed by atoms with E-state index in [1.165, 1.54) is 17.5 Å². The summed E-state index contributed by atoms with van der Waals surface area (Å²) >= 11 is 0. The number of aromatic nitrogens is 2. The molecule has 2 aliphatic rings. The number of aryl methyl sites for hydroxylation is 1. The third kappa shape index (κ3) is 5.15. The molecule has 2 fully saturated rings. The molecule has 7 heteroatoms. The van der Waals surface area contributed by atoms with Gasteiger partial charge in [-0.1, -0.05) is 29.8 Å². The lowest BCUT2D eigenvalue weighted by molar-refractivity contribution is -0.0442.